The number of aliphatic hydroxyl groups is 1. The number of hydrogen-bond donors (Lipinski definition) is 2. The van der Waals surface area contributed by atoms with Gasteiger partial charge in [-0.2, -0.15) is 0 Å². The molecule has 0 aliphatic heterocycles. The molecule has 2 aromatic heterocycles. The van der Waals surface area contributed by atoms with Gasteiger partial charge in [0.15, 0.2) is 0 Å². The van der Waals surface area contributed by atoms with E-state index in [2.05, 4.69) is 23.0 Å². The number of nitrogens with zero attached hydrogens (tertiary/aromatic N) is 2. The van der Waals surface area contributed by atoms with Gasteiger partial charge in [-0.3, -0.25) is 4.98 Å². The van der Waals surface area contributed by atoms with Crippen molar-refractivity contribution >= 4 is 21.9 Å². The molecule has 1 fully saturated rings. The van der Waals surface area contributed by atoms with Crippen molar-refractivity contribution in [2.75, 3.05) is 6.61 Å². The Kier molecular flexibility index (Phi) is 6.02. The summed E-state index contributed by atoms with van der Waals surface area (Å²) in [5, 5.41) is 10.4. The second kappa shape index (κ2) is 9.10. The predicted molar refractivity (Wildman–Crippen MR) is 128 cm³/mol. The molecule has 0 spiro atoms. The number of halogens is 1. The van der Waals surface area contributed by atoms with Crippen LogP contribution in [-0.4, -0.2) is 32.8 Å². The molecule has 5 rings (SSSR count). The third-order valence-corrected chi connectivity index (χ3v) is 7.05. The first-order chi connectivity index (χ1) is 16.0. The van der Waals surface area contributed by atoms with Crippen LogP contribution in [0.1, 0.15) is 62.8 Å². The van der Waals surface area contributed by atoms with Gasteiger partial charge in [-0.25, -0.2) is 9.37 Å². The van der Waals surface area contributed by atoms with Crippen LogP contribution in [0.3, 0.4) is 0 Å². The number of hydrogen-bond acceptors (Lipinski definition) is 4. The van der Waals surface area contributed by atoms with Crippen molar-refractivity contribution in [3.8, 4) is 5.75 Å². The van der Waals surface area contributed by atoms with E-state index in [1.165, 1.54) is 11.6 Å². The molecule has 33 heavy (non-hydrogen) atoms. The number of imidazole rings is 1. The fourth-order valence-corrected chi connectivity index (χ4v) is 5.18. The van der Waals surface area contributed by atoms with Crippen LogP contribution in [0.25, 0.3) is 21.9 Å². The average molecular weight is 448 g/mol. The predicted octanol–water partition coefficient (Wildman–Crippen LogP) is 6.09. The topological polar surface area (TPSA) is 71.0 Å². The molecule has 5 nitrogen and oxygen atoms in total. The summed E-state index contributed by atoms with van der Waals surface area (Å²) in [6, 6.07) is 12.7. The highest BCUT2D eigenvalue weighted by molar-refractivity contribution is 5.82. The largest absolute Gasteiger partial charge is 0.491 e. The van der Waals surface area contributed by atoms with Crippen molar-refractivity contribution in [1.29, 1.82) is 0 Å². The lowest BCUT2D eigenvalue weighted by molar-refractivity contribution is 0.123. The van der Waals surface area contributed by atoms with E-state index in [9.17, 15) is 9.50 Å². The maximum Gasteiger partial charge on any atom is 0.123 e. The average Bonchev–Trinajstić information content (AvgIpc) is 3.25. The Balaban J connectivity index is 1.28. The van der Waals surface area contributed by atoms with E-state index in [4.69, 9.17) is 9.72 Å². The van der Waals surface area contributed by atoms with Crippen molar-refractivity contribution in [2.24, 2.45) is 5.92 Å². The normalized spacial score (nSPS) is 20.7. The van der Waals surface area contributed by atoms with E-state index in [0.29, 0.717) is 17.8 Å². The van der Waals surface area contributed by atoms with E-state index >= 15 is 0 Å². The molecule has 2 atom stereocenters. The standard InChI is InChI=1S/C27H30FN3O2/c1-16(32)15-33-21-8-10-25-26(14-21)31-27(30-25)17(2)18-3-5-19(6-4-18)22-11-12-29-24-9-7-20(28)13-23(22)24/h7-14,16-19,32H,3-6,15H2,1-2H3,(H,30,31)/t16?,17-,18?,19?/m1/s1. The fourth-order valence-electron chi connectivity index (χ4n) is 5.18. The summed E-state index contributed by atoms with van der Waals surface area (Å²) < 4.78 is 19.5. The lowest BCUT2D eigenvalue weighted by atomic mass is 9.73. The highest BCUT2D eigenvalue weighted by atomic mass is 19.1. The van der Waals surface area contributed by atoms with Gasteiger partial charge < -0.3 is 14.8 Å². The molecule has 1 aliphatic rings. The number of H-pyrrole nitrogens is 1. The lowest BCUT2D eigenvalue weighted by Gasteiger charge is -2.32. The smallest absolute Gasteiger partial charge is 0.123 e. The summed E-state index contributed by atoms with van der Waals surface area (Å²) in [7, 11) is 0. The highest BCUT2D eigenvalue weighted by Crippen LogP contribution is 2.43. The first-order valence-corrected chi connectivity index (χ1v) is 11.8. The summed E-state index contributed by atoms with van der Waals surface area (Å²) in [5.74, 6) is 2.85. The maximum atomic E-state index is 13.9. The molecule has 4 aromatic rings. The van der Waals surface area contributed by atoms with E-state index in [1.54, 1.807) is 19.1 Å². The van der Waals surface area contributed by atoms with Gasteiger partial charge >= 0.3 is 0 Å². The van der Waals surface area contributed by atoms with Crippen molar-refractivity contribution < 1.29 is 14.2 Å². The van der Waals surface area contributed by atoms with Gasteiger partial charge in [-0.05, 0) is 86.4 Å². The fraction of sp³-hybridized carbons (Fsp3) is 0.407. The number of nitrogens with one attached hydrogen (secondary N) is 1. The SMILES string of the molecule is CC(O)COc1ccc2nc([C@H](C)C3CCC(c4ccnc5ccc(F)cc45)CC3)[nH]c2c1. The van der Waals surface area contributed by atoms with E-state index < -0.39 is 6.10 Å². The molecular formula is C27H30FN3O2. The summed E-state index contributed by atoms with van der Waals surface area (Å²) in [6.07, 6.45) is 5.75. The van der Waals surface area contributed by atoms with E-state index in [1.807, 2.05) is 24.4 Å². The number of pyridine rings is 1. The van der Waals surface area contributed by atoms with Gasteiger partial charge in [0.25, 0.3) is 0 Å². The summed E-state index contributed by atoms with van der Waals surface area (Å²) in [4.78, 5) is 12.7. The van der Waals surface area contributed by atoms with Crippen LogP contribution in [0, 0.1) is 11.7 Å². The third kappa shape index (κ3) is 4.58. The van der Waals surface area contributed by atoms with E-state index in [0.717, 1.165) is 59.2 Å². The molecule has 172 valence electrons. The van der Waals surface area contributed by atoms with Gasteiger partial charge in [-0.1, -0.05) is 6.92 Å². The minimum atomic E-state index is -0.502. The maximum absolute atomic E-state index is 13.9. The molecule has 1 aliphatic carbocycles. The number of aromatic nitrogens is 3. The Hall–Kier alpha value is -2.99. The summed E-state index contributed by atoms with van der Waals surface area (Å²) in [5.41, 5.74) is 3.97. The monoisotopic (exact) mass is 447 g/mol. The third-order valence-electron chi connectivity index (χ3n) is 7.05. The Morgan fingerprint density at radius 3 is 2.64 bits per heavy atom. The number of fused-ring (bicyclic) bond motifs is 2. The van der Waals surface area contributed by atoms with Crippen LogP contribution in [0.2, 0.25) is 0 Å². The zero-order chi connectivity index (χ0) is 22.9. The number of rotatable bonds is 6. The molecule has 2 N–H and O–H groups in total. The van der Waals surface area contributed by atoms with Crippen molar-refractivity contribution in [2.45, 2.75) is 57.5 Å². The van der Waals surface area contributed by atoms with Crippen molar-refractivity contribution in [3.05, 3.63) is 65.9 Å². The minimum Gasteiger partial charge on any atom is -0.491 e. The van der Waals surface area contributed by atoms with Crippen molar-refractivity contribution in [1.82, 2.24) is 15.0 Å². The molecule has 0 amide bonds. The van der Waals surface area contributed by atoms with Crippen LogP contribution >= 0.6 is 0 Å². The second-order valence-corrected chi connectivity index (χ2v) is 9.42. The Morgan fingerprint density at radius 1 is 1.06 bits per heavy atom. The Bertz CT molecular complexity index is 1260. The Labute approximate surface area is 193 Å². The van der Waals surface area contributed by atoms with Gasteiger partial charge in [0, 0.05) is 23.6 Å². The highest BCUT2D eigenvalue weighted by Gasteiger charge is 2.29. The molecule has 6 heteroatoms. The minimum absolute atomic E-state index is 0.205. The van der Waals surface area contributed by atoms with Gasteiger partial charge in [0.2, 0.25) is 0 Å². The van der Waals surface area contributed by atoms with Crippen LogP contribution in [0.4, 0.5) is 4.39 Å². The number of ether oxygens (including phenoxy) is 1. The van der Waals surface area contributed by atoms with Gasteiger partial charge in [-0.15, -0.1) is 0 Å². The van der Waals surface area contributed by atoms with Crippen LogP contribution in [-0.2, 0) is 0 Å². The van der Waals surface area contributed by atoms with Gasteiger partial charge in [0.05, 0.1) is 22.7 Å². The lowest BCUT2D eigenvalue weighted by Crippen LogP contribution is -2.19. The molecule has 2 heterocycles. The molecule has 0 saturated heterocycles. The second-order valence-electron chi connectivity index (χ2n) is 9.42. The summed E-state index contributed by atoms with van der Waals surface area (Å²) >= 11 is 0. The number of benzene rings is 2. The molecule has 2 aromatic carbocycles. The van der Waals surface area contributed by atoms with Gasteiger partial charge in [0.1, 0.15) is 24.0 Å². The number of aliphatic hydroxyl groups excluding tert-OH is 1. The molecular weight excluding hydrogens is 417 g/mol. The van der Waals surface area contributed by atoms with Crippen LogP contribution in [0.15, 0.2) is 48.7 Å². The van der Waals surface area contributed by atoms with Crippen LogP contribution in [0.5, 0.6) is 5.75 Å². The van der Waals surface area contributed by atoms with Crippen LogP contribution < -0.4 is 4.74 Å². The first kappa shape index (κ1) is 21.8. The van der Waals surface area contributed by atoms with E-state index in [-0.39, 0.29) is 12.4 Å². The molecule has 1 saturated carbocycles. The zero-order valence-electron chi connectivity index (χ0n) is 19.1. The van der Waals surface area contributed by atoms with Crippen molar-refractivity contribution in [3.63, 3.8) is 0 Å². The Morgan fingerprint density at radius 2 is 1.85 bits per heavy atom. The number of aromatic amines is 1. The molecule has 0 radical (unpaired) electrons. The quantitative estimate of drug-likeness (QED) is 0.375. The summed E-state index contributed by atoms with van der Waals surface area (Å²) in [6.45, 7) is 4.23. The molecule has 1 unspecified atom stereocenters. The molecule has 0 bridgehead atoms. The zero-order valence-corrected chi connectivity index (χ0v) is 19.1. The first-order valence-electron chi connectivity index (χ1n) is 11.8.